The summed E-state index contributed by atoms with van der Waals surface area (Å²) in [4.78, 5) is 25.7. The molecule has 0 radical (unpaired) electrons. The number of nitrogens with zero attached hydrogens (tertiary/aromatic N) is 1. The molecule has 27 heavy (non-hydrogen) atoms. The highest BCUT2D eigenvalue weighted by Crippen LogP contribution is 2.36. The molecule has 1 aliphatic heterocycles. The Morgan fingerprint density at radius 3 is 2.41 bits per heavy atom. The molecular formula is C19H26N2O5S. The third kappa shape index (κ3) is 4.50. The number of carboxylic acids is 1. The number of rotatable bonds is 6. The second-order valence-corrected chi connectivity index (χ2v) is 9.35. The number of hydrogen-bond acceptors (Lipinski definition) is 4. The lowest BCUT2D eigenvalue weighted by molar-refractivity contribution is -0.157. The Morgan fingerprint density at radius 1 is 1.15 bits per heavy atom. The second kappa shape index (κ2) is 7.98. The van der Waals surface area contributed by atoms with Crippen LogP contribution in [0.15, 0.2) is 29.2 Å². The van der Waals surface area contributed by atoms with E-state index in [1.54, 1.807) is 29.2 Å². The molecule has 7 nitrogen and oxygen atoms in total. The molecule has 1 aromatic rings. The fourth-order valence-corrected chi connectivity index (χ4v) is 4.90. The van der Waals surface area contributed by atoms with E-state index in [9.17, 15) is 18.0 Å². The normalized spacial score (nSPS) is 25.7. The minimum atomic E-state index is -3.58. The molecule has 1 aromatic carbocycles. The quantitative estimate of drug-likeness (QED) is 0.763. The van der Waals surface area contributed by atoms with Crippen molar-refractivity contribution in [3.05, 3.63) is 29.8 Å². The van der Waals surface area contributed by atoms with Gasteiger partial charge in [0.25, 0.3) is 0 Å². The van der Waals surface area contributed by atoms with Crippen molar-refractivity contribution in [2.75, 3.05) is 19.6 Å². The molecule has 2 fully saturated rings. The Morgan fingerprint density at radius 2 is 1.81 bits per heavy atom. The molecule has 1 amide bonds. The predicted molar refractivity (Wildman–Crippen MR) is 99.5 cm³/mol. The van der Waals surface area contributed by atoms with Crippen LogP contribution in [0.3, 0.4) is 0 Å². The van der Waals surface area contributed by atoms with Crippen LogP contribution in [0, 0.1) is 24.7 Å². The SMILES string of the molecule is Cc1ccc(S(=O)(=O)NCC2CCCN(C(=O)C3CCC3C(=O)O)C2)cc1. The zero-order valence-corrected chi connectivity index (χ0v) is 16.2. The number of benzene rings is 1. The number of carboxylic acid groups (broad SMARTS) is 1. The van der Waals surface area contributed by atoms with Gasteiger partial charge >= 0.3 is 5.97 Å². The van der Waals surface area contributed by atoms with Gasteiger partial charge in [-0.3, -0.25) is 9.59 Å². The standard InChI is InChI=1S/C19H26N2O5S/c1-13-4-6-15(7-5-13)27(25,26)20-11-14-3-2-10-21(12-14)18(22)16-8-9-17(16)19(23)24/h4-7,14,16-17,20H,2-3,8-12H2,1H3,(H,23,24). The van der Waals surface area contributed by atoms with Crippen molar-refractivity contribution in [1.29, 1.82) is 0 Å². The zero-order chi connectivity index (χ0) is 19.6. The number of carbonyl (C=O) groups excluding carboxylic acids is 1. The van der Waals surface area contributed by atoms with Crippen LogP contribution in [-0.2, 0) is 19.6 Å². The molecule has 1 heterocycles. The maximum absolute atomic E-state index is 12.6. The van der Waals surface area contributed by atoms with Crippen LogP contribution in [0.4, 0.5) is 0 Å². The van der Waals surface area contributed by atoms with Gasteiger partial charge in [-0.1, -0.05) is 17.7 Å². The summed E-state index contributed by atoms with van der Waals surface area (Å²) >= 11 is 0. The zero-order valence-electron chi connectivity index (χ0n) is 15.4. The van der Waals surface area contributed by atoms with Gasteiger partial charge in [0.1, 0.15) is 0 Å². The van der Waals surface area contributed by atoms with Crippen molar-refractivity contribution in [3.8, 4) is 0 Å². The molecule has 2 N–H and O–H groups in total. The average molecular weight is 394 g/mol. The van der Waals surface area contributed by atoms with E-state index >= 15 is 0 Å². The van der Waals surface area contributed by atoms with Crippen molar-refractivity contribution in [1.82, 2.24) is 9.62 Å². The molecule has 2 aliphatic rings. The molecule has 0 spiro atoms. The van der Waals surface area contributed by atoms with Gasteiger partial charge in [0.15, 0.2) is 0 Å². The number of hydrogen-bond donors (Lipinski definition) is 2. The predicted octanol–water partition coefficient (Wildman–Crippen LogP) is 1.62. The van der Waals surface area contributed by atoms with Crippen LogP contribution in [0.5, 0.6) is 0 Å². The van der Waals surface area contributed by atoms with Crippen LogP contribution < -0.4 is 4.72 Å². The molecule has 3 unspecified atom stereocenters. The fraction of sp³-hybridized carbons (Fsp3) is 0.579. The third-order valence-corrected chi connectivity index (χ3v) is 7.07. The average Bonchev–Trinajstić information content (AvgIpc) is 2.59. The Labute approximate surface area is 159 Å². The maximum Gasteiger partial charge on any atom is 0.307 e. The van der Waals surface area contributed by atoms with Crippen LogP contribution in [0.25, 0.3) is 0 Å². The van der Waals surface area contributed by atoms with Crippen molar-refractivity contribution >= 4 is 21.9 Å². The Kier molecular flexibility index (Phi) is 5.86. The first kappa shape index (κ1) is 19.8. The molecule has 148 valence electrons. The molecular weight excluding hydrogens is 368 g/mol. The van der Waals surface area contributed by atoms with Crippen molar-refractivity contribution < 1.29 is 23.1 Å². The summed E-state index contributed by atoms with van der Waals surface area (Å²) in [6.07, 6.45) is 2.82. The lowest BCUT2D eigenvalue weighted by Crippen LogP contribution is -2.50. The summed E-state index contributed by atoms with van der Waals surface area (Å²) in [7, 11) is -3.58. The van der Waals surface area contributed by atoms with E-state index in [1.165, 1.54) is 0 Å². The smallest absolute Gasteiger partial charge is 0.307 e. The summed E-state index contributed by atoms with van der Waals surface area (Å²) in [6.45, 7) is 3.25. The molecule has 1 aliphatic carbocycles. The molecule has 1 saturated carbocycles. The molecule has 8 heteroatoms. The monoisotopic (exact) mass is 394 g/mol. The number of aryl methyl sites for hydroxylation is 1. The van der Waals surface area contributed by atoms with E-state index in [4.69, 9.17) is 5.11 Å². The minimum absolute atomic E-state index is 0.0336. The first-order valence-corrected chi connectivity index (χ1v) is 10.8. The number of aliphatic carboxylic acids is 1. The highest BCUT2D eigenvalue weighted by molar-refractivity contribution is 7.89. The molecule has 3 atom stereocenters. The highest BCUT2D eigenvalue weighted by atomic mass is 32.2. The Bertz CT molecular complexity index is 806. The van der Waals surface area contributed by atoms with Gasteiger partial charge in [0.05, 0.1) is 16.7 Å². The van der Waals surface area contributed by atoms with Crippen molar-refractivity contribution in [2.24, 2.45) is 17.8 Å². The largest absolute Gasteiger partial charge is 0.481 e. The summed E-state index contributed by atoms with van der Waals surface area (Å²) in [6, 6.07) is 6.67. The lowest BCUT2D eigenvalue weighted by atomic mass is 9.72. The van der Waals surface area contributed by atoms with Gasteiger partial charge < -0.3 is 10.0 Å². The molecule has 3 rings (SSSR count). The van der Waals surface area contributed by atoms with E-state index in [0.717, 1.165) is 18.4 Å². The van der Waals surface area contributed by atoms with Gasteiger partial charge in [0.2, 0.25) is 15.9 Å². The highest BCUT2D eigenvalue weighted by Gasteiger charge is 2.43. The van der Waals surface area contributed by atoms with Crippen LogP contribution >= 0.6 is 0 Å². The number of sulfonamides is 1. The number of carbonyl (C=O) groups is 2. The summed E-state index contributed by atoms with van der Waals surface area (Å²) in [5.74, 6) is -1.96. The fourth-order valence-electron chi connectivity index (χ4n) is 3.79. The van der Waals surface area contributed by atoms with Crippen molar-refractivity contribution in [3.63, 3.8) is 0 Å². The molecule has 0 bridgehead atoms. The number of piperidine rings is 1. The number of nitrogens with one attached hydrogen (secondary N) is 1. The van der Waals surface area contributed by atoms with Crippen LogP contribution in [-0.4, -0.2) is 49.9 Å². The van der Waals surface area contributed by atoms with E-state index in [-0.39, 0.29) is 23.3 Å². The van der Waals surface area contributed by atoms with Gasteiger partial charge in [0, 0.05) is 19.6 Å². The van der Waals surface area contributed by atoms with Crippen LogP contribution in [0.2, 0.25) is 0 Å². The van der Waals surface area contributed by atoms with Gasteiger partial charge in [-0.2, -0.15) is 0 Å². The van der Waals surface area contributed by atoms with Crippen molar-refractivity contribution in [2.45, 2.75) is 37.5 Å². The van der Waals surface area contributed by atoms with Gasteiger partial charge in [-0.05, 0) is 50.7 Å². The number of amides is 1. The van der Waals surface area contributed by atoms with Gasteiger partial charge in [-0.15, -0.1) is 0 Å². The second-order valence-electron chi connectivity index (χ2n) is 7.59. The molecule has 0 aromatic heterocycles. The van der Waals surface area contributed by atoms with E-state index in [1.807, 2.05) is 6.92 Å². The van der Waals surface area contributed by atoms with E-state index in [2.05, 4.69) is 4.72 Å². The Balaban J connectivity index is 1.56. The molecule has 1 saturated heterocycles. The first-order valence-electron chi connectivity index (χ1n) is 9.36. The van der Waals surface area contributed by atoms with E-state index < -0.39 is 27.8 Å². The lowest BCUT2D eigenvalue weighted by Gasteiger charge is -2.39. The maximum atomic E-state index is 12.6. The summed E-state index contributed by atoms with van der Waals surface area (Å²) in [5.41, 5.74) is 0.992. The first-order chi connectivity index (χ1) is 12.8. The third-order valence-electron chi connectivity index (χ3n) is 5.63. The topological polar surface area (TPSA) is 104 Å². The minimum Gasteiger partial charge on any atom is -0.481 e. The summed E-state index contributed by atoms with van der Waals surface area (Å²) in [5, 5.41) is 9.15. The summed E-state index contributed by atoms with van der Waals surface area (Å²) < 4.78 is 27.5. The number of likely N-dealkylation sites (tertiary alicyclic amines) is 1. The van der Waals surface area contributed by atoms with Crippen LogP contribution in [0.1, 0.15) is 31.2 Å². The Hall–Kier alpha value is -1.93. The van der Waals surface area contributed by atoms with E-state index in [0.29, 0.717) is 25.9 Å². The van der Waals surface area contributed by atoms with Gasteiger partial charge in [-0.25, -0.2) is 13.1 Å².